The van der Waals surface area contributed by atoms with Gasteiger partial charge in [-0.05, 0) is 60.0 Å². The van der Waals surface area contributed by atoms with Crippen LogP contribution in [0.5, 0.6) is 5.75 Å². The standard InChI is InChI=1S/C27H23N3O3/c1-2-33-24-12-10-18-6-3-4-8-22(18)25(24)26(31)29-21-11-9-19-13-15-30(23(19)16-21)27(32)20-7-5-14-28-17-20/h3-12,14,16-17H,2,13,15H2,1H3,(H,29,31). The van der Waals surface area contributed by atoms with Crippen molar-refractivity contribution in [1.82, 2.24) is 4.98 Å². The number of nitrogens with one attached hydrogen (secondary N) is 1. The van der Waals surface area contributed by atoms with Crippen LogP contribution in [0.25, 0.3) is 10.8 Å². The molecule has 0 fully saturated rings. The second kappa shape index (κ2) is 8.74. The Morgan fingerprint density at radius 2 is 1.94 bits per heavy atom. The molecule has 0 bridgehead atoms. The lowest BCUT2D eigenvalue weighted by molar-refractivity contribution is 0.0987. The third kappa shape index (κ3) is 3.91. The van der Waals surface area contributed by atoms with Gasteiger partial charge in [-0.15, -0.1) is 0 Å². The molecule has 6 nitrogen and oxygen atoms in total. The molecular formula is C27H23N3O3. The second-order valence-corrected chi connectivity index (χ2v) is 7.84. The number of ether oxygens (including phenoxy) is 1. The normalized spacial score (nSPS) is 12.5. The summed E-state index contributed by atoms with van der Waals surface area (Å²) in [4.78, 5) is 32.2. The summed E-state index contributed by atoms with van der Waals surface area (Å²) in [5, 5.41) is 4.80. The summed E-state index contributed by atoms with van der Waals surface area (Å²) >= 11 is 0. The highest BCUT2D eigenvalue weighted by Gasteiger charge is 2.26. The van der Waals surface area contributed by atoms with Crippen molar-refractivity contribution in [1.29, 1.82) is 0 Å². The first-order chi connectivity index (χ1) is 16.2. The third-order valence-corrected chi connectivity index (χ3v) is 5.81. The largest absolute Gasteiger partial charge is 0.493 e. The van der Waals surface area contributed by atoms with Gasteiger partial charge in [-0.3, -0.25) is 14.6 Å². The molecule has 4 aromatic rings. The summed E-state index contributed by atoms with van der Waals surface area (Å²) in [6.45, 7) is 2.95. The van der Waals surface area contributed by atoms with Crippen molar-refractivity contribution < 1.29 is 14.3 Å². The van der Waals surface area contributed by atoms with Gasteiger partial charge in [-0.25, -0.2) is 0 Å². The molecule has 0 unspecified atom stereocenters. The van der Waals surface area contributed by atoms with E-state index in [1.807, 2.05) is 61.5 Å². The molecule has 1 N–H and O–H groups in total. The number of anilines is 2. The van der Waals surface area contributed by atoms with Gasteiger partial charge in [0.05, 0.1) is 17.7 Å². The lowest BCUT2D eigenvalue weighted by atomic mass is 10.0. The molecule has 1 aromatic heterocycles. The molecule has 0 saturated carbocycles. The van der Waals surface area contributed by atoms with Crippen LogP contribution < -0.4 is 15.0 Å². The predicted octanol–water partition coefficient (Wildman–Crippen LogP) is 5.09. The summed E-state index contributed by atoms with van der Waals surface area (Å²) in [6.07, 6.45) is 3.99. The van der Waals surface area contributed by atoms with Crippen LogP contribution in [0.15, 0.2) is 79.1 Å². The minimum atomic E-state index is -0.252. The van der Waals surface area contributed by atoms with Gasteiger partial charge >= 0.3 is 0 Å². The van der Waals surface area contributed by atoms with Crippen molar-refractivity contribution in [2.45, 2.75) is 13.3 Å². The molecular weight excluding hydrogens is 414 g/mol. The second-order valence-electron chi connectivity index (χ2n) is 7.84. The maximum atomic E-state index is 13.4. The fourth-order valence-electron chi connectivity index (χ4n) is 4.27. The summed E-state index contributed by atoms with van der Waals surface area (Å²) in [5.41, 5.74) is 3.55. The number of carbonyl (C=O) groups excluding carboxylic acids is 2. The van der Waals surface area contributed by atoms with Gasteiger partial charge in [-0.2, -0.15) is 0 Å². The monoisotopic (exact) mass is 437 g/mol. The fraction of sp³-hybridized carbons (Fsp3) is 0.148. The first-order valence-electron chi connectivity index (χ1n) is 11.0. The topological polar surface area (TPSA) is 71.5 Å². The van der Waals surface area contributed by atoms with Crippen LogP contribution in [0.4, 0.5) is 11.4 Å². The predicted molar refractivity (Wildman–Crippen MR) is 129 cm³/mol. The van der Waals surface area contributed by atoms with Crippen LogP contribution in [0.2, 0.25) is 0 Å². The molecule has 164 valence electrons. The van der Waals surface area contributed by atoms with E-state index in [9.17, 15) is 9.59 Å². The number of pyridine rings is 1. The van der Waals surface area contributed by atoms with E-state index in [1.54, 1.807) is 29.4 Å². The summed E-state index contributed by atoms with van der Waals surface area (Å²) in [5.74, 6) is 0.194. The number of aromatic nitrogens is 1. The zero-order chi connectivity index (χ0) is 22.8. The average Bonchev–Trinajstić information content (AvgIpc) is 3.27. The number of hydrogen-bond donors (Lipinski definition) is 1. The van der Waals surface area contributed by atoms with Crippen molar-refractivity contribution in [2.75, 3.05) is 23.4 Å². The number of rotatable bonds is 5. The minimum absolute atomic E-state index is 0.0991. The molecule has 2 amide bonds. The van der Waals surface area contributed by atoms with E-state index in [1.165, 1.54) is 0 Å². The lowest BCUT2D eigenvalue weighted by Gasteiger charge is -2.18. The molecule has 6 heteroatoms. The van der Waals surface area contributed by atoms with Crippen LogP contribution in [0, 0.1) is 0 Å². The molecule has 5 rings (SSSR count). The van der Waals surface area contributed by atoms with Gasteiger partial charge in [-0.1, -0.05) is 36.4 Å². The summed E-state index contributed by atoms with van der Waals surface area (Å²) < 4.78 is 5.76. The average molecular weight is 437 g/mol. The smallest absolute Gasteiger partial charge is 0.260 e. The van der Waals surface area contributed by atoms with Crippen LogP contribution in [-0.2, 0) is 6.42 Å². The number of carbonyl (C=O) groups is 2. The number of fused-ring (bicyclic) bond motifs is 2. The Balaban J connectivity index is 1.47. The molecule has 0 radical (unpaired) electrons. The van der Waals surface area contributed by atoms with Gasteiger partial charge in [0.25, 0.3) is 11.8 Å². The summed E-state index contributed by atoms with van der Waals surface area (Å²) in [6, 6.07) is 20.7. The highest BCUT2D eigenvalue weighted by molar-refractivity contribution is 6.15. The molecule has 2 heterocycles. The Morgan fingerprint density at radius 1 is 1.06 bits per heavy atom. The van der Waals surface area contributed by atoms with Crippen LogP contribution in [0.1, 0.15) is 33.2 Å². The lowest BCUT2D eigenvalue weighted by Crippen LogP contribution is -2.29. The van der Waals surface area contributed by atoms with Crippen LogP contribution >= 0.6 is 0 Å². The highest BCUT2D eigenvalue weighted by atomic mass is 16.5. The van der Waals surface area contributed by atoms with Crippen molar-refractivity contribution in [2.24, 2.45) is 0 Å². The molecule has 0 saturated heterocycles. The SMILES string of the molecule is CCOc1ccc2ccccc2c1C(=O)Nc1ccc2c(c1)N(C(=O)c1cccnc1)CC2. The van der Waals surface area contributed by atoms with Gasteiger partial charge in [0.15, 0.2) is 0 Å². The molecule has 1 aliphatic heterocycles. The molecule has 1 aliphatic rings. The molecule has 3 aromatic carbocycles. The van der Waals surface area contributed by atoms with Crippen molar-refractivity contribution >= 4 is 34.0 Å². The Hall–Kier alpha value is -4.19. The third-order valence-electron chi connectivity index (χ3n) is 5.81. The van der Waals surface area contributed by atoms with Crippen molar-refractivity contribution in [3.63, 3.8) is 0 Å². The zero-order valence-corrected chi connectivity index (χ0v) is 18.2. The van der Waals surface area contributed by atoms with E-state index in [0.717, 1.165) is 28.4 Å². The van der Waals surface area contributed by atoms with E-state index in [-0.39, 0.29) is 11.8 Å². The first-order valence-corrected chi connectivity index (χ1v) is 11.0. The van der Waals surface area contributed by atoms with Gasteiger partial charge < -0.3 is 15.0 Å². The Bertz CT molecular complexity index is 1350. The number of amides is 2. The Kier molecular flexibility index (Phi) is 5.48. The number of benzene rings is 3. The van der Waals surface area contributed by atoms with Gasteiger partial charge in [0.1, 0.15) is 5.75 Å². The van der Waals surface area contributed by atoms with E-state index < -0.39 is 0 Å². The van der Waals surface area contributed by atoms with Crippen LogP contribution in [0.3, 0.4) is 0 Å². The Morgan fingerprint density at radius 3 is 2.76 bits per heavy atom. The number of nitrogens with zero attached hydrogens (tertiary/aromatic N) is 2. The maximum Gasteiger partial charge on any atom is 0.260 e. The van der Waals surface area contributed by atoms with E-state index in [2.05, 4.69) is 10.3 Å². The maximum absolute atomic E-state index is 13.4. The summed E-state index contributed by atoms with van der Waals surface area (Å²) in [7, 11) is 0. The van der Waals surface area contributed by atoms with E-state index in [4.69, 9.17) is 4.74 Å². The van der Waals surface area contributed by atoms with Gasteiger partial charge in [0.2, 0.25) is 0 Å². The molecule has 0 spiro atoms. The molecule has 0 atom stereocenters. The first kappa shape index (κ1) is 20.7. The van der Waals surface area contributed by atoms with Crippen molar-refractivity contribution in [3.8, 4) is 5.75 Å². The number of hydrogen-bond acceptors (Lipinski definition) is 4. The van der Waals surface area contributed by atoms with Crippen molar-refractivity contribution in [3.05, 3.63) is 95.8 Å². The molecule has 33 heavy (non-hydrogen) atoms. The van der Waals surface area contributed by atoms with Crippen LogP contribution in [-0.4, -0.2) is 29.9 Å². The highest BCUT2D eigenvalue weighted by Crippen LogP contribution is 2.33. The van der Waals surface area contributed by atoms with E-state index in [0.29, 0.717) is 35.7 Å². The molecule has 0 aliphatic carbocycles. The zero-order valence-electron chi connectivity index (χ0n) is 18.2. The minimum Gasteiger partial charge on any atom is -0.493 e. The van der Waals surface area contributed by atoms with E-state index >= 15 is 0 Å². The van der Waals surface area contributed by atoms with Gasteiger partial charge in [0, 0.05) is 30.3 Å². The fourth-order valence-corrected chi connectivity index (χ4v) is 4.27. The quantitative estimate of drug-likeness (QED) is 0.472. The Labute approximate surface area is 191 Å².